The average Bonchev–Trinajstić information content (AvgIpc) is 3.32. The number of likely N-dealkylation sites (tertiary alicyclic amines) is 2. The molecule has 0 spiro atoms. The second-order valence-corrected chi connectivity index (χ2v) is 9.47. The van der Waals surface area contributed by atoms with E-state index in [0.29, 0.717) is 29.6 Å². The van der Waals surface area contributed by atoms with Gasteiger partial charge < -0.3 is 14.6 Å². The van der Waals surface area contributed by atoms with Gasteiger partial charge in [-0.3, -0.25) is 14.5 Å². The zero-order chi connectivity index (χ0) is 24.4. The van der Waals surface area contributed by atoms with Gasteiger partial charge in [0, 0.05) is 31.3 Å². The van der Waals surface area contributed by atoms with Gasteiger partial charge in [-0.1, -0.05) is 6.42 Å². The zero-order valence-electron chi connectivity index (χ0n) is 19.5. The highest BCUT2D eigenvalue weighted by Crippen LogP contribution is 2.31. The first-order valence-electron chi connectivity index (χ1n) is 12.2. The topological polar surface area (TPSA) is 70.0 Å². The standard InChI is InChI=1S/C26H29F2N5O2/c27-19-11-18(12-20(28)13-19)21-6-10-32(26(35)22-5-4-9-33-17-29-14-24(22)33)15-23(21)30-25(34)16-31-7-2-1-3-8-31/h4-5,9,11-14,17,21,23H,1-3,6-8,10,15-16H2,(H,30,34)/t21-,23+/m0/s1. The van der Waals surface area contributed by atoms with Crippen LogP contribution >= 0.6 is 0 Å². The fourth-order valence-corrected chi connectivity index (χ4v) is 5.34. The number of piperidine rings is 2. The number of rotatable bonds is 5. The minimum absolute atomic E-state index is 0.133. The van der Waals surface area contributed by atoms with Crippen LogP contribution in [0.4, 0.5) is 8.78 Å². The third-order valence-corrected chi connectivity index (χ3v) is 7.06. The second-order valence-electron chi connectivity index (χ2n) is 9.47. The van der Waals surface area contributed by atoms with Gasteiger partial charge in [-0.15, -0.1) is 0 Å². The lowest BCUT2D eigenvalue weighted by atomic mass is 9.84. The van der Waals surface area contributed by atoms with E-state index in [2.05, 4.69) is 15.2 Å². The van der Waals surface area contributed by atoms with Crippen LogP contribution < -0.4 is 5.32 Å². The molecule has 4 heterocycles. The van der Waals surface area contributed by atoms with E-state index in [9.17, 15) is 18.4 Å². The van der Waals surface area contributed by atoms with Crippen LogP contribution in [0.15, 0.2) is 49.1 Å². The molecule has 0 unspecified atom stereocenters. The molecule has 0 bridgehead atoms. The van der Waals surface area contributed by atoms with Gasteiger partial charge in [0.1, 0.15) is 11.6 Å². The van der Waals surface area contributed by atoms with E-state index in [1.54, 1.807) is 34.0 Å². The van der Waals surface area contributed by atoms with Gasteiger partial charge >= 0.3 is 0 Å². The number of nitrogens with one attached hydrogen (secondary N) is 1. The fraction of sp³-hybridized carbons (Fsp3) is 0.423. The highest BCUT2D eigenvalue weighted by Gasteiger charge is 2.35. The number of imidazole rings is 1. The van der Waals surface area contributed by atoms with E-state index < -0.39 is 17.7 Å². The largest absolute Gasteiger partial charge is 0.350 e. The number of nitrogens with zero attached hydrogens (tertiary/aromatic N) is 4. The van der Waals surface area contributed by atoms with Crippen molar-refractivity contribution in [3.05, 3.63) is 71.8 Å². The number of amides is 2. The lowest BCUT2D eigenvalue weighted by Crippen LogP contribution is -2.54. The predicted molar refractivity (Wildman–Crippen MR) is 127 cm³/mol. The molecule has 9 heteroatoms. The van der Waals surface area contributed by atoms with Crippen molar-refractivity contribution >= 4 is 17.3 Å². The van der Waals surface area contributed by atoms with E-state index >= 15 is 0 Å². The fourth-order valence-electron chi connectivity index (χ4n) is 5.34. The highest BCUT2D eigenvalue weighted by molar-refractivity contribution is 6.00. The van der Waals surface area contributed by atoms with Crippen molar-refractivity contribution in [1.82, 2.24) is 24.5 Å². The lowest BCUT2D eigenvalue weighted by Gasteiger charge is -2.39. The summed E-state index contributed by atoms with van der Waals surface area (Å²) in [5.74, 6) is -1.89. The van der Waals surface area contributed by atoms with E-state index in [0.717, 1.165) is 32.0 Å². The van der Waals surface area contributed by atoms with E-state index in [-0.39, 0.29) is 30.8 Å². The Morgan fingerprint density at radius 3 is 2.60 bits per heavy atom. The summed E-state index contributed by atoms with van der Waals surface area (Å²) in [7, 11) is 0. The Kier molecular flexibility index (Phi) is 6.77. The number of carbonyl (C=O) groups is 2. The summed E-state index contributed by atoms with van der Waals surface area (Å²) >= 11 is 0. The van der Waals surface area contributed by atoms with Gasteiger partial charge in [-0.05, 0) is 62.2 Å². The zero-order valence-corrected chi connectivity index (χ0v) is 19.5. The molecule has 3 aromatic rings. The van der Waals surface area contributed by atoms with E-state index in [1.165, 1.54) is 18.6 Å². The molecule has 0 saturated carbocycles. The van der Waals surface area contributed by atoms with Crippen LogP contribution in [0.2, 0.25) is 0 Å². The maximum absolute atomic E-state index is 14.0. The molecule has 5 rings (SSSR count). The number of fused-ring (bicyclic) bond motifs is 1. The first-order valence-corrected chi connectivity index (χ1v) is 12.2. The van der Waals surface area contributed by atoms with Crippen molar-refractivity contribution in [1.29, 1.82) is 0 Å². The maximum atomic E-state index is 14.0. The van der Waals surface area contributed by atoms with Crippen molar-refractivity contribution in [2.45, 2.75) is 37.6 Å². The summed E-state index contributed by atoms with van der Waals surface area (Å²) in [4.78, 5) is 34.4. The summed E-state index contributed by atoms with van der Waals surface area (Å²) in [6, 6.07) is 6.58. The number of halogens is 2. The quantitative estimate of drug-likeness (QED) is 0.608. The maximum Gasteiger partial charge on any atom is 0.256 e. The average molecular weight is 482 g/mol. The Morgan fingerprint density at radius 2 is 1.83 bits per heavy atom. The minimum Gasteiger partial charge on any atom is -0.350 e. The number of aromatic nitrogens is 2. The Labute approximate surface area is 202 Å². The number of carbonyl (C=O) groups excluding carboxylic acids is 2. The van der Waals surface area contributed by atoms with Crippen LogP contribution in [0.3, 0.4) is 0 Å². The number of benzene rings is 1. The highest BCUT2D eigenvalue weighted by atomic mass is 19.1. The molecule has 1 aromatic carbocycles. The van der Waals surface area contributed by atoms with Crippen LogP contribution in [-0.4, -0.2) is 69.8 Å². The molecule has 2 fully saturated rings. The molecule has 1 N–H and O–H groups in total. The molecule has 0 aliphatic carbocycles. The third-order valence-electron chi connectivity index (χ3n) is 7.06. The van der Waals surface area contributed by atoms with Gasteiger partial charge in [-0.2, -0.15) is 0 Å². The molecule has 184 valence electrons. The van der Waals surface area contributed by atoms with Crippen molar-refractivity contribution in [3.63, 3.8) is 0 Å². The van der Waals surface area contributed by atoms with Gasteiger partial charge in [-0.25, -0.2) is 13.8 Å². The summed E-state index contributed by atoms with van der Waals surface area (Å²) in [6.45, 7) is 2.72. The van der Waals surface area contributed by atoms with Crippen molar-refractivity contribution in [2.75, 3.05) is 32.7 Å². The summed E-state index contributed by atoms with van der Waals surface area (Å²) in [5, 5.41) is 3.09. The number of hydrogen-bond acceptors (Lipinski definition) is 4. The van der Waals surface area contributed by atoms with E-state index in [1.807, 2.05) is 6.20 Å². The molecular formula is C26H29F2N5O2. The molecular weight excluding hydrogens is 452 g/mol. The summed E-state index contributed by atoms with van der Waals surface area (Å²) in [5.41, 5.74) is 1.73. The molecule has 2 amide bonds. The Morgan fingerprint density at radius 1 is 1.06 bits per heavy atom. The number of hydrogen-bond donors (Lipinski definition) is 1. The van der Waals surface area contributed by atoms with Gasteiger partial charge in [0.25, 0.3) is 5.91 Å². The predicted octanol–water partition coefficient (Wildman–Crippen LogP) is 3.21. The Bertz CT molecular complexity index is 1200. The summed E-state index contributed by atoms with van der Waals surface area (Å²) in [6.07, 6.45) is 8.91. The van der Waals surface area contributed by atoms with Crippen LogP contribution in [0.5, 0.6) is 0 Å². The van der Waals surface area contributed by atoms with Crippen molar-refractivity contribution < 1.29 is 18.4 Å². The molecule has 2 aromatic heterocycles. The SMILES string of the molecule is O=C(CN1CCCCC1)N[C@@H]1CN(C(=O)c2cccn3cncc23)CC[C@H]1c1cc(F)cc(F)c1. The van der Waals surface area contributed by atoms with Crippen LogP contribution in [-0.2, 0) is 4.79 Å². The van der Waals surface area contributed by atoms with Gasteiger partial charge in [0.05, 0.1) is 36.2 Å². The number of pyridine rings is 1. The third kappa shape index (κ3) is 5.19. The first kappa shape index (κ1) is 23.4. The lowest BCUT2D eigenvalue weighted by molar-refractivity contribution is -0.123. The molecule has 2 atom stereocenters. The monoisotopic (exact) mass is 481 g/mol. The Balaban J connectivity index is 1.37. The molecule has 7 nitrogen and oxygen atoms in total. The Hall–Kier alpha value is -3.33. The van der Waals surface area contributed by atoms with Crippen LogP contribution in [0, 0.1) is 11.6 Å². The molecule has 2 aliphatic heterocycles. The first-order chi connectivity index (χ1) is 17.0. The smallest absolute Gasteiger partial charge is 0.256 e. The second kappa shape index (κ2) is 10.1. The normalized spacial score (nSPS) is 21.3. The van der Waals surface area contributed by atoms with Crippen LogP contribution in [0.25, 0.3) is 5.52 Å². The molecule has 35 heavy (non-hydrogen) atoms. The minimum atomic E-state index is -0.649. The molecule has 2 aliphatic rings. The molecule has 0 radical (unpaired) electrons. The van der Waals surface area contributed by atoms with E-state index in [4.69, 9.17) is 0 Å². The molecule has 2 saturated heterocycles. The van der Waals surface area contributed by atoms with Crippen molar-refractivity contribution in [2.24, 2.45) is 0 Å². The summed E-state index contributed by atoms with van der Waals surface area (Å²) < 4.78 is 29.8. The van der Waals surface area contributed by atoms with Gasteiger partial charge in [0.15, 0.2) is 0 Å². The van der Waals surface area contributed by atoms with Crippen molar-refractivity contribution in [3.8, 4) is 0 Å². The van der Waals surface area contributed by atoms with Crippen LogP contribution in [0.1, 0.15) is 47.5 Å². The van der Waals surface area contributed by atoms with Gasteiger partial charge in [0.2, 0.25) is 5.91 Å².